The highest BCUT2D eigenvalue weighted by Gasteiger charge is 2.24. The van der Waals surface area contributed by atoms with Crippen molar-refractivity contribution in [3.63, 3.8) is 0 Å². The summed E-state index contributed by atoms with van der Waals surface area (Å²) in [6, 6.07) is 16.5. The van der Waals surface area contributed by atoms with E-state index in [4.69, 9.17) is 11.6 Å². The maximum Gasteiger partial charge on any atom is 0.294 e. The Morgan fingerprint density at radius 1 is 1.04 bits per heavy atom. The second-order valence-electron chi connectivity index (χ2n) is 6.94. The number of phenolic OH excluding ortho intramolecular Hbond substituents is 1. The molecule has 7 heteroatoms. The summed E-state index contributed by atoms with van der Waals surface area (Å²) in [5, 5.41) is 24.3. The van der Waals surface area contributed by atoms with Crippen LogP contribution in [-0.2, 0) is 6.54 Å². The Bertz CT molecular complexity index is 1030. The van der Waals surface area contributed by atoms with Crippen molar-refractivity contribution in [2.45, 2.75) is 6.54 Å². The molecule has 0 radical (unpaired) electrons. The van der Waals surface area contributed by atoms with E-state index >= 15 is 0 Å². The topological polar surface area (TPSA) is 69.9 Å². The number of nitrogens with zero attached hydrogens (tertiary/aromatic N) is 3. The van der Waals surface area contributed by atoms with Gasteiger partial charge in [-0.25, -0.2) is 0 Å². The molecule has 1 aliphatic rings. The summed E-state index contributed by atoms with van der Waals surface area (Å²) >= 11 is 5.92. The largest absolute Gasteiger partial charge is 0.508 e. The summed E-state index contributed by atoms with van der Waals surface area (Å²) in [4.78, 5) is 15.3. The van der Waals surface area contributed by atoms with E-state index in [1.165, 1.54) is 6.07 Å². The predicted molar refractivity (Wildman–Crippen MR) is 111 cm³/mol. The smallest absolute Gasteiger partial charge is 0.294 e. The number of halogens is 1. The van der Waals surface area contributed by atoms with Crippen LogP contribution in [0.2, 0.25) is 5.02 Å². The van der Waals surface area contributed by atoms with Gasteiger partial charge >= 0.3 is 0 Å². The molecule has 28 heavy (non-hydrogen) atoms. The average Bonchev–Trinajstić information content (AvgIpc) is 2.71. The van der Waals surface area contributed by atoms with Crippen LogP contribution in [0.4, 0.5) is 11.4 Å². The molecule has 0 amide bonds. The number of benzene rings is 3. The first-order valence-corrected chi connectivity index (χ1v) is 9.51. The van der Waals surface area contributed by atoms with E-state index in [0.29, 0.717) is 36.1 Å². The Morgan fingerprint density at radius 3 is 2.54 bits per heavy atom. The van der Waals surface area contributed by atoms with Crippen molar-refractivity contribution in [2.75, 3.05) is 31.1 Å². The molecule has 1 heterocycles. The maximum atomic E-state index is 11.4. The molecule has 144 valence electrons. The lowest BCUT2D eigenvalue weighted by molar-refractivity contribution is -0.384. The Balaban J connectivity index is 1.50. The number of nitro benzene ring substituents is 1. The fourth-order valence-electron chi connectivity index (χ4n) is 3.77. The van der Waals surface area contributed by atoms with Crippen LogP contribution in [0.5, 0.6) is 5.75 Å². The van der Waals surface area contributed by atoms with Crippen LogP contribution in [-0.4, -0.2) is 41.1 Å². The fourth-order valence-corrected chi connectivity index (χ4v) is 3.94. The minimum Gasteiger partial charge on any atom is -0.508 e. The van der Waals surface area contributed by atoms with Crippen molar-refractivity contribution in [1.82, 2.24) is 4.90 Å². The van der Waals surface area contributed by atoms with Gasteiger partial charge in [0, 0.05) is 49.4 Å². The van der Waals surface area contributed by atoms with E-state index in [9.17, 15) is 15.2 Å². The SMILES string of the molecule is O=[N+]([O-])c1cc(Cl)ccc1N1CCN(Cc2c(O)ccc3ccccc23)CC1. The quantitative estimate of drug-likeness (QED) is 0.521. The van der Waals surface area contributed by atoms with Gasteiger partial charge in [-0.15, -0.1) is 0 Å². The predicted octanol–water partition coefficient (Wildman–Crippen LogP) is 4.43. The van der Waals surface area contributed by atoms with Crippen LogP contribution in [0.15, 0.2) is 54.6 Å². The first kappa shape index (κ1) is 18.5. The second-order valence-corrected chi connectivity index (χ2v) is 7.37. The highest BCUT2D eigenvalue weighted by molar-refractivity contribution is 6.30. The maximum absolute atomic E-state index is 11.4. The molecule has 0 unspecified atom stereocenters. The lowest BCUT2D eigenvalue weighted by Crippen LogP contribution is -2.46. The minimum atomic E-state index is -0.387. The van der Waals surface area contributed by atoms with Crippen LogP contribution >= 0.6 is 11.6 Å². The summed E-state index contributed by atoms with van der Waals surface area (Å²) in [5.41, 5.74) is 1.55. The van der Waals surface area contributed by atoms with Gasteiger partial charge in [0.1, 0.15) is 11.4 Å². The van der Waals surface area contributed by atoms with E-state index < -0.39 is 0 Å². The molecule has 4 rings (SSSR count). The minimum absolute atomic E-state index is 0.0349. The van der Waals surface area contributed by atoms with Crippen molar-refractivity contribution in [2.24, 2.45) is 0 Å². The zero-order valence-electron chi connectivity index (χ0n) is 15.2. The van der Waals surface area contributed by atoms with Crippen molar-refractivity contribution in [1.29, 1.82) is 0 Å². The highest BCUT2D eigenvalue weighted by Crippen LogP contribution is 2.33. The molecule has 0 aromatic heterocycles. The number of anilines is 1. The Hall–Kier alpha value is -2.83. The average molecular weight is 398 g/mol. The molecule has 0 saturated carbocycles. The third-order valence-corrected chi connectivity index (χ3v) is 5.48. The summed E-state index contributed by atoms with van der Waals surface area (Å²) < 4.78 is 0. The molecule has 1 fully saturated rings. The molecule has 1 saturated heterocycles. The van der Waals surface area contributed by atoms with E-state index in [2.05, 4.69) is 4.90 Å². The Labute approximate surface area is 167 Å². The van der Waals surface area contributed by atoms with Gasteiger partial charge < -0.3 is 10.0 Å². The molecule has 6 nitrogen and oxygen atoms in total. The molecule has 3 aromatic rings. The summed E-state index contributed by atoms with van der Waals surface area (Å²) in [6.07, 6.45) is 0. The Kier molecular flexibility index (Phi) is 5.07. The van der Waals surface area contributed by atoms with E-state index in [-0.39, 0.29) is 10.6 Å². The standard InChI is InChI=1S/C21H20ClN3O3/c22-16-6-7-19(20(13-16)25(27)28)24-11-9-23(10-12-24)14-18-17-4-2-1-3-15(17)5-8-21(18)26/h1-8,13,26H,9-12,14H2. The Morgan fingerprint density at radius 2 is 1.79 bits per heavy atom. The van der Waals surface area contributed by atoms with Crippen molar-refractivity contribution in [3.8, 4) is 5.75 Å². The van der Waals surface area contributed by atoms with Gasteiger partial charge in [0.05, 0.1) is 4.92 Å². The zero-order valence-corrected chi connectivity index (χ0v) is 16.0. The van der Waals surface area contributed by atoms with E-state index in [0.717, 1.165) is 29.4 Å². The summed E-state index contributed by atoms with van der Waals surface area (Å²) in [7, 11) is 0. The van der Waals surface area contributed by atoms with Crippen molar-refractivity contribution < 1.29 is 10.0 Å². The number of piperazine rings is 1. The number of fused-ring (bicyclic) bond motifs is 1. The fraction of sp³-hybridized carbons (Fsp3) is 0.238. The lowest BCUT2D eigenvalue weighted by atomic mass is 10.0. The van der Waals surface area contributed by atoms with Crippen LogP contribution in [0.1, 0.15) is 5.56 Å². The van der Waals surface area contributed by atoms with Crippen molar-refractivity contribution >= 4 is 33.7 Å². The monoisotopic (exact) mass is 397 g/mol. The highest BCUT2D eigenvalue weighted by atomic mass is 35.5. The van der Waals surface area contributed by atoms with Crippen LogP contribution in [0.3, 0.4) is 0 Å². The number of phenols is 1. The number of rotatable bonds is 4. The van der Waals surface area contributed by atoms with E-state index in [1.54, 1.807) is 18.2 Å². The second kappa shape index (κ2) is 7.66. The molecule has 0 atom stereocenters. The molecule has 0 bridgehead atoms. The molecular weight excluding hydrogens is 378 g/mol. The van der Waals surface area contributed by atoms with Gasteiger partial charge in [-0.3, -0.25) is 15.0 Å². The van der Waals surface area contributed by atoms with E-state index in [1.807, 2.05) is 35.2 Å². The number of nitro groups is 1. The lowest BCUT2D eigenvalue weighted by Gasteiger charge is -2.36. The first-order valence-electron chi connectivity index (χ1n) is 9.14. The van der Waals surface area contributed by atoms with Crippen LogP contribution in [0.25, 0.3) is 10.8 Å². The summed E-state index contributed by atoms with van der Waals surface area (Å²) in [6.45, 7) is 3.50. The zero-order chi connectivity index (χ0) is 19.7. The van der Waals surface area contributed by atoms with Gasteiger partial charge in [-0.2, -0.15) is 0 Å². The van der Waals surface area contributed by atoms with Crippen LogP contribution in [0, 0.1) is 10.1 Å². The molecule has 1 aliphatic heterocycles. The van der Waals surface area contributed by atoms with Gasteiger partial charge in [-0.1, -0.05) is 41.9 Å². The number of aromatic hydroxyl groups is 1. The van der Waals surface area contributed by atoms with Crippen LogP contribution < -0.4 is 4.90 Å². The molecule has 1 N–H and O–H groups in total. The molecule has 0 aliphatic carbocycles. The summed E-state index contributed by atoms with van der Waals surface area (Å²) in [5.74, 6) is 0.300. The van der Waals surface area contributed by atoms with Gasteiger partial charge in [-0.05, 0) is 29.0 Å². The molecule has 3 aromatic carbocycles. The third-order valence-electron chi connectivity index (χ3n) is 5.24. The van der Waals surface area contributed by atoms with Gasteiger partial charge in [0.25, 0.3) is 5.69 Å². The molecule has 0 spiro atoms. The van der Waals surface area contributed by atoms with Crippen molar-refractivity contribution in [3.05, 3.63) is 75.3 Å². The normalized spacial score (nSPS) is 15.1. The molecular formula is C21H20ClN3O3. The first-order chi connectivity index (χ1) is 13.5. The van der Waals surface area contributed by atoms with Gasteiger partial charge in [0.2, 0.25) is 0 Å². The number of hydrogen-bond acceptors (Lipinski definition) is 5. The number of hydrogen-bond donors (Lipinski definition) is 1. The van der Waals surface area contributed by atoms with Gasteiger partial charge in [0.15, 0.2) is 0 Å². The third kappa shape index (κ3) is 3.61.